The van der Waals surface area contributed by atoms with E-state index in [9.17, 15) is 4.79 Å². The van der Waals surface area contributed by atoms with E-state index in [0.29, 0.717) is 31.7 Å². The lowest BCUT2D eigenvalue weighted by Gasteiger charge is -2.34. The molecule has 1 aliphatic rings. The molecule has 0 aliphatic carbocycles. The van der Waals surface area contributed by atoms with Gasteiger partial charge >= 0.3 is 0 Å². The number of carbonyl (C=O) groups excluding carboxylic acids is 1. The van der Waals surface area contributed by atoms with Crippen LogP contribution in [0.5, 0.6) is 11.5 Å². The van der Waals surface area contributed by atoms with Crippen LogP contribution in [-0.4, -0.2) is 25.2 Å². The van der Waals surface area contributed by atoms with Gasteiger partial charge in [0.15, 0.2) is 6.10 Å². The van der Waals surface area contributed by atoms with Crippen LogP contribution in [0.2, 0.25) is 0 Å². The lowest BCUT2D eigenvalue weighted by atomic mass is 10.1. The number of ether oxygens (including phenoxy) is 2. The van der Waals surface area contributed by atoms with Gasteiger partial charge in [-0.05, 0) is 24.6 Å². The van der Waals surface area contributed by atoms with Crippen LogP contribution in [0.1, 0.15) is 44.6 Å². The van der Waals surface area contributed by atoms with Crippen molar-refractivity contribution in [2.75, 3.05) is 18.1 Å². The second-order valence-electron chi connectivity index (χ2n) is 7.20. The summed E-state index contributed by atoms with van der Waals surface area (Å²) >= 11 is 0. The van der Waals surface area contributed by atoms with Crippen LogP contribution in [0.3, 0.4) is 0 Å². The molecule has 0 saturated heterocycles. The van der Waals surface area contributed by atoms with E-state index >= 15 is 0 Å². The van der Waals surface area contributed by atoms with Gasteiger partial charge < -0.3 is 14.4 Å². The van der Waals surface area contributed by atoms with Crippen molar-refractivity contribution in [2.24, 2.45) is 0 Å². The maximum absolute atomic E-state index is 13.1. The number of para-hydroxylation sites is 3. The molecule has 5 heteroatoms. The van der Waals surface area contributed by atoms with E-state index in [1.807, 2.05) is 53.4 Å². The number of amides is 1. The monoisotopic (exact) mass is 392 g/mol. The normalized spacial score (nSPS) is 15.4. The minimum Gasteiger partial charge on any atom is -0.493 e. The van der Waals surface area contributed by atoms with E-state index in [1.54, 1.807) is 0 Å². The van der Waals surface area contributed by atoms with E-state index in [0.717, 1.165) is 29.8 Å². The van der Waals surface area contributed by atoms with Gasteiger partial charge in [-0.25, -0.2) is 0 Å². The molecule has 0 N–H and O–H groups in total. The standard InChI is InChI=1S/C24H28N2O3/c1-2-3-4-9-17-26-20-11-6-8-13-22(20)29-23(24(26)27)15-18-28-21-12-7-5-10-19(21)14-16-25/h5-8,10-13,23H,2-4,9,14-15,17-18H2,1H3/t23-/m1/s1. The van der Waals surface area contributed by atoms with Gasteiger partial charge in [0.1, 0.15) is 11.5 Å². The van der Waals surface area contributed by atoms with Gasteiger partial charge in [-0.2, -0.15) is 5.26 Å². The van der Waals surface area contributed by atoms with Crippen LogP contribution in [-0.2, 0) is 11.2 Å². The maximum atomic E-state index is 13.1. The first kappa shape index (κ1) is 20.7. The average Bonchev–Trinajstić information content (AvgIpc) is 2.74. The summed E-state index contributed by atoms with van der Waals surface area (Å²) in [5.41, 5.74) is 1.71. The first-order valence-electron chi connectivity index (χ1n) is 10.4. The van der Waals surface area contributed by atoms with Crippen molar-refractivity contribution in [1.29, 1.82) is 5.26 Å². The van der Waals surface area contributed by atoms with Crippen LogP contribution in [0.4, 0.5) is 5.69 Å². The van der Waals surface area contributed by atoms with E-state index in [2.05, 4.69) is 13.0 Å². The quantitative estimate of drug-likeness (QED) is 0.540. The maximum Gasteiger partial charge on any atom is 0.268 e. The molecule has 0 saturated carbocycles. The topological polar surface area (TPSA) is 62.6 Å². The largest absolute Gasteiger partial charge is 0.493 e. The molecule has 2 aromatic carbocycles. The molecule has 3 rings (SSSR count). The number of nitrogens with zero attached hydrogens (tertiary/aromatic N) is 2. The molecule has 0 bridgehead atoms. The van der Waals surface area contributed by atoms with Crippen LogP contribution >= 0.6 is 0 Å². The van der Waals surface area contributed by atoms with E-state index in [4.69, 9.17) is 14.7 Å². The highest BCUT2D eigenvalue weighted by molar-refractivity contribution is 6.00. The Labute approximate surface area is 172 Å². The van der Waals surface area contributed by atoms with Crippen molar-refractivity contribution >= 4 is 11.6 Å². The Morgan fingerprint density at radius 1 is 1.10 bits per heavy atom. The summed E-state index contributed by atoms with van der Waals surface area (Å²) in [5, 5.41) is 8.96. The van der Waals surface area contributed by atoms with Crippen molar-refractivity contribution in [3.8, 4) is 17.6 Å². The van der Waals surface area contributed by atoms with Crippen molar-refractivity contribution in [1.82, 2.24) is 0 Å². The minimum absolute atomic E-state index is 0.00546. The summed E-state index contributed by atoms with van der Waals surface area (Å²) in [5.74, 6) is 1.43. The molecule has 1 aliphatic heterocycles. The van der Waals surface area contributed by atoms with Gasteiger partial charge in [-0.3, -0.25) is 4.79 Å². The predicted octanol–water partition coefficient (Wildman–Crippen LogP) is 4.90. The molecule has 0 spiro atoms. The highest BCUT2D eigenvalue weighted by Gasteiger charge is 2.33. The first-order chi connectivity index (χ1) is 14.2. The molecular weight excluding hydrogens is 364 g/mol. The highest BCUT2D eigenvalue weighted by Crippen LogP contribution is 2.34. The van der Waals surface area contributed by atoms with Crippen molar-refractivity contribution in [2.45, 2.75) is 51.6 Å². The molecule has 152 valence electrons. The Kier molecular flexibility index (Phi) is 7.52. The fourth-order valence-corrected chi connectivity index (χ4v) is 3.54. The Morgan fingerprint density at radius 3 is 2.72 bits per heavy atom. The van der Waals surface area contributed by atoms with Crippen LogP contribution in [0.25, 0.3) is 0 Å². The van der Waals surface area contributed by atoms with Crippen LogP contribution < -0.4 is 14.4 Å². The molecule has 0 radical (unpaired) electrons. The van der Waals surface area contributed by atoms with Gasteiger partial charge in [-0.1, -0.05) is 56.5 Å². The summed E-state index contributed by atoms with van der Waals surface area (Å²) in [4.78, 5) is 14.9. The summed E-state index contributed by atoms with van der Waals surface area (Å²) in [6.45, 7) is 3.24. The Hall–Kier alpha value is -3.00. The number of anilines is 1. The molecule has 5 nitrogen and oxygen atoms in total. The summed E-state index contributed by atoms with van der Waals surface area (Å²) < 4.78 is 11.9. The number of benzene rings is 2. The summed E-state index contributed by atoms with van der Waals surface area (Å²) in [6.07, 6.45) is 4.65. The number of hydrogen-bond acceptors (Lipinski definition) is 4. The van der Waals surface area contributed by atoms with Crippen LogP contribution in [0.15, 0.2) is 48.5 Å². The molecule has 0 unspecified atom stereocenters. The fraction of sp³-hybridized carbons (Fsp3) is 0.417. The van der Waals surface area contributed by atoms with Crippen LogP contribution in [0, 0.1) is 11.3 Å². The van der Waals surface area contributed by atoms with Gasteiger partial charge in [0.25, 0.3) is 5.91 Å². The third kappa shape index (κ3) is 5.29. The molecule has 1 atom stereocenters. The third-order valence-corrected chi connectivity index (χ3v) is 5.08. The molecule has 0 aromatic heterocycles. The Morgan fingerprint density at radius 2 is 1.90 bits per heavy atom. The molecule has 1 amide bonds. The molecule has 2 aromatic rings. The van der Waals surface area contributed by atoms with Gasteiger partial charge in [0, 0.05) is 18.5 Å². The van der Waals surface area contributed by atoms with E-state index < -0.39 is 6.10 Å². The lowest BCUT2D eigenvalue weighted by molar-refractivity contribution is -0.126. The fourth-order valence-electron chi connectivity index (χ4n) is 3.54. The second-order valence-corrected chi connectivity index (χ2v) is 7.20. The van der Waals surface area contributed by atoms with E-state index in [1.165, 1.54) is 12.8 Å². The van der Waals surface area contributed by atoms with E-state index in [-0.39, 0.29) is 5.91 Å². The summed E-state index contributed by atoms with van der Waals surface area (Å²) in [7, 11) is 0. The summed E-state index contributed by atoms with van der Waals surface area (Å²) in [6, 6.07) is 17.4. The van der Waals surface area contributed by atoms with Crippen molar-refractivity contribution < 1.29 is 14.3 Å². The number of nitriles is 1. The Bertz CT molecular complexity index is 859. The van der Waals surface area contributed by atoms with Crippen molar-refractivity contribution in [3.05, 3.63) is 54.1 Å². The number of rotatable bonds is 10. The molecule has 29 heavy (non-hydrogen) atoms. The predicted molar refractivity (Wildman–Crippen MR) is 113 cm³/mol. The van der Waals surface area contributed by atoms with Crippen molar-refractivity contribution in [3.63, 3.8) is 0 Å². The number of unbranched alkanes of at least 4 members (excludes halogenated alkanes) is 3. The zero-order valence-corrected chi connectivity index (χ0v) is 17.0. The number of carbonyl (C=O) groups is 1. The zero-order chi connectivity index (χ0) is 20.5. The first-order valence-corrected chi connectivity index (χ1v) is 10.4. The van der Waals surface area contributed by atoms with Gasteiger partial charge in [0.2, 0.25) is 0 Å². The molecule has 0 fully saturated rings. The van der Waals surface area contributed by atoms with Gasteiger partial charge in [-0.15, -0.1) is 0 Å². The number of fused-ring (bicyclic) bond motifs is 1. The van der Waals surface area contributed by atoms with Gasteiger partial charge in [0.05, 0.1) is 24.8 Å². The lowest BCUT2D eigenvalue weighted by Crippen LogP contribution is -2.47. The Balaban J connectivity index is 1.64. The zero-order valence-electron chi connectivity index (χ0n) is 17.0. The highest BCUT2D eigenvalue weighted by atomic mass is 16.5. The number of hydrogen-bond donors (Lipinski definition) is 0. The molecule has 1 heterocycles. The SMILES string of the molecule is CCCCCCN1C(=O)[C@@H](CCOc2ccccc2CC#N)Oc2ccccc21. The second kappa shape index (κ2) is 10.5. The third-order valence-electron chi connectivity index (χ3n) is 5.08. The minimum atomic E-state index is -0.556. The molecular formula is C24H28N2O3. The smallest absolute Gasteiger partial charge is 0.268 e. The average molecular weight is 392 g/mol.